The van der Waals surface area contributed by atoms with Crippen LogP contribution in [0.5, 0.6) is 0 Å². The topological polar surface area (TPSA) is 78.0 Å². The molecule has 5 nitrogen and oxygen atoms in total. The third-order valence-corrected chi connectivity index (χ3v) is 3.70. The van der Waals surface area contributed by atoms with Gasteiger partial charge in [-0.05, 0) is 37.7 Å². The van der Waals surface area contributed by atoms with Crippen molar-refractivity contribution in [1.82, 2.24) is 15.5 Å². The number of rotatable bonds is 7. The summed E-state index contributed by atoms with van der Waals surface area (Å²) in [6.45, 7) is 10.4. The van der Waals surface area contributed by atoms with Crippen LogP contribution in [-0.4, -0.2) is 33.9 Å². The number of amides is 1. The van der Waals surface area contributed by atoms with Gasteiger partial charge in [0, 0.05) is 18.7 Å². The molecule has 2 unspecified atom stereocenters. The highest BCUT2D eigenvalue weighted by atomic mass is 16.3. The van der Waals surface area contributed by atoms with E-state index >= 15 is 0 Å². The highest BCUT2D eigenvalue weighted by Gasteiger charge is 2.17. The Balaban J connectivity index is 2.39. The van der Waals surface area contributed by atoms with E-state index in [1.165, 1.54) is 0 Å². The number of aliphatic hydroxyl groups is 1. The SMILES string of the molecule is Cc1n[nH]c(C)c1C(C)CC(=O)NCCC(O)C(C)C. The molecule has 1 rings (SSSR count). The van der Waals surface area contributed by atoms with Gasteiger partial charge < -0.3 is 10.4 Å². The van der Waals surface area contributed by atoms with E-state index in [1.807, 2.05) is 34.6 Å². The second-order valence-electron chi connectivity index (χ2n) is 5.90. The average Bonchev–Trinajstić information content (AvgIpc) is 2.68. The van der Waals surface area contributed by atoms with Crippen LogP contribution in [0.3, 0.4) is 0 Å². The van der Waals surface area contributed by atoms with Gasteiger partial charge in [-0.2, -0.15) is 5.10 Å². The van der Waals surface area contributed by atoms with Crippen molar-refractivity contribution in [2.45, 2.75) is 59.5 Å². The van der Waals surface area contributed by atoms with Gasteiger partial charge in [0.1, 0.15) is 0 Å². The van der Waals surface area contributed by atoms with Gasteiger partial charge in [-0.25, -0.2) is 0 Å². The van der Waals surface area contributed by atoms with Crippen LogP contribution in [0.4, 0.5) is 0 Å². The zero-order valence-electron chi connectivity index (χ0n) is 13.2. The van der Waals surface area contributed by atoms with Crippen molar-refractivity contribution in [2.75, 3.05) is 6.54 Å². The third kappa shape index (κ3) is 4.63. The molecule has 0 aliphatic heterocycles. The molecule has 2 atom stereocenters. The molecule has 1 amide bonds. The summed E-state index contributed by atoms with van der Waals surface area (Å²) in [4.78, 5) is 11.9. The molecule has 0 bridgehead atoms. The zero-order valence-corrected chi connectivity index (χ0v) is 13.2. The number of hydrogen-bond donors (Lipinski definition) is 3. The molecule has 1 aromatic rings. The summed E-state index contributed by atoms with van der Waals surface area (Å²) in [5.74, 6) is 0.388. The molecule has 0 saturated heterocycles. The Labute approximate surface area is 121 Å². The first kappa shape index (κ1) is 16.7. The summed E-state index contributed by atoms with van der Waals surface area (Å²) < 4.78 is 0. The van der Waals surface area contributed by atoms with E-state index in [4.69, 9.17) is 0 Å². The Morgan fingerprint density at radius 2 is 2.00 bits per heavy atom. The number of aliphatic hydroxyl groups excluding tert-OH is 1. The molecular weight excluding hydrogens is 254 g/mol. The van der Waals surface area contributed by atoms with Gasteiger partial charge in [-0.3, -0.25) is 9.89 Å². The highest BCUT2D eigenvalue weighted by molar-refractivity contribution is 5.76. The number of nitrogens with zero attached hydrogens (tertiary/aromatic N) is 1. The number of aromatic amines is 1. The van der Waals surface area contributed by atoms with Crippen molar-refractivity contribution in [3.63, 3.8) is 0 Å². The fraction of sp³-hybridized carbons (Fsp3) is 0.733. The molecule has 1 aromatic heterocycles. The van der Waals surface area contributed by atoms with Gasteiger partial charge in [0.05, 0.1) is 11.8 Å². The standard InChI is InChI=1S/C15H27N3O2/c1-9(2)13(19)6-7-16-14(20)8-10(3)15-11(4)17-18-12(15)5/h9-10,13,19H,6-8H2,1-5H3,(H,16,20)(H,17,18). The Kier molecular flexibility index (Phi) is 6.20. The smallest absolute Gasteiger partial charge is 0.220 e. The Hall–Kier alpha value is -1.36. The lowest BCUT2D eigenvalue weighted by Crippen LogP contribution is -2.29. The zero-order chi connectivity index (χ0) is 15.3. The van der Waals surface area contributed by atoms with Crippen LogP contribution in [-0.2, 0) is 4.79 Å². The normalized spacial score (nSPS) is 14.3. The lowest BCUT2D eigenvalue weighted by atomic mass is 9.95. The van der Waals surface area contributed by atoms with Gasteiger partial charge in [-0.15, -0.1) is 0 Å². The molecule has 0 saturated carbocycles. The van der Waals surface area contributed by atoms with Gasteiger partial charge in [-0.1, -0.05) is 20.8 Å². The minimum Gasteiger partial charge on any atom is -0.393 e. The lowest BCUT2D eigenvalue weighted by molar-refractivity contribution is -0.121. The van der Waals surface area contributed by atoms with Gasteiger partial charge in [0.25, 0.3) is 0 Å². The first-order valence-electron chi connectivity index (χ1n) is 7.29. The number of carbonyl (C=O) groups excluding carboxylic acids is 1. The second kappa shape index (κ2) is 7.43. The second-order valence-corrected chi connectivity index (χ2v) is 5.90. The summed E-state index contributed by atoms with van der Waals surface area (Å²) in [5, 5.41) is 19.7. The first-order valence-corrected chi connectivity index (χ1v) is 7.29. The summed E-state index contributed by atoms with van der Waals surface area (Å²) in [5.41, 5.74) is 3.11. The molecule has 0 radical (unpaired) electrons. The summed E-state index contributed by atoms with van der Waals surface area (Å²) >= 11 is 0. The molecule has 20 heavy (non-hydrogen) atoms. The molecule has 1 heterocycles. The maximum absolute atomic E-state index is 11.9. The predicted molar refractivity (Wildman–Crippen MR) is 79.6 cm³/mol. The molecule has 0 spiro atoms. The van der Waals surface area contributed by atoms with Crippen molar-refractivity contribution < 1.29 is 9.90 Å². The Morgan fingerprint density at radius 3 is 2.50 bits per heavy atom. The Bertz CT molecular complexity index is 421. The minimum absolute atomic E-state index is 0.0217. The van der Waals surface area contributed by atoms with Gasteiger partial charge >= 0.3 is 0 Å². The van der Waals surface area contributed by atoms with E-state index in [0.29, 0.717) is 19.4 Å². The van der Waals surface area contributed by atoms with Crippen LogP contribution in [0.25, 0.3) is 0 Å². The van der Waals surface area contributed by atoms with Crippen LogP contribution < -0.4 is 5.32 Å². The molecule has 0 aliphatic carbocycles. The number of aromatic nitrogens is 2. The number of aryl methyl sites for hydroxylation is 2. The highest BCUT2D eigenvalue weighted by Crippen LogP contribution is 2.24. The van der Waals surface area contributed by atoms with Crippen molar-refractivity contribution >= 4 is 5.91 Å². The van der Waals surface area contributed by atoms with Crippen LogP contribution in [0.2, 0.25) is 0 Å². The molecule has 114 valence electrons. The van der Waals surface area contributed by atoms with E-state index < -0.39 is 0 Å². The number of carbonyl (C=O) groups is 1. The monoisotopic (exact) mass is 281 g/mol. The number of hydrogen-bond acceptors (Lipinski definition) is 3. The predicted octanol–water partition coefficient (Wildman–Crippen LogP) is 2.04. The quantitative estimate of drug-likeness (QED) is 0.715. The van der Waals surface area contributed by atoms with Crippen LogP contribution >= 0.6 is 0 Å². The fourth-order valence-electron chi connectivity index (χ4n) is 2.43. The fourth-order valence-corrected chi connectivity index (χ4v) is 2.43. The van der Waals surface area contributed by atoms with Crippen LogP contribution in [0.1, 0.15) is 56.5 Å². The van der Waals surface area contributed by atoms with Gasteiger partial charge in [0.2, 0.25) is 5.91 Å². The molecule has 0 aromatic carbocycles. The van der Waals surface area contributed by atoms with Crippen molar-refractivity contribution in [3.8, 4) is 0 Å². The number of H-pyrrole nitrogens is 1. The van der Waals surface area contributed by atoms with Crippen molar-refractivity contribution in [1.29, 1.82) is 0 Å². The van der Waals surface area contributed by atoms with E-state index in [9.17, 15) is 9.90 Å². The maximum Gasteiger partial charge on any atom is 0.220 e. The minimum atomic E-state index is -0.355. The summed E-state index contributed by atoms with van der Waals surface area (Å²) in [6, 6.07) is 0. The maximum atomic E-state index is 11.9. The van der Waals surface area contributed by atoms with Crippen LogP contribution in [0, 0.1) is 19.8 Å². The summed E-state index contributed by atoms with van der Waals surface area (Å²) in [6.07, 6.45) is 0.687. The van der Waals surface area contributed by atoms with Crippen molar-refractivity contribution in [2.24, 2.45) is 5.92 Å². The van der Waals surface area contributed by atoms with E-state index in [1.54, 1.807) is 0 Å². The molecule has 5 heteroatoms. The lowest BCUT2D eigenvalue weighted by Gasteiger charge is -2.16. The molecule has 0 fully saturated rings. The first-order chi connectivity index (χ1) is 9.32. The van der Waals surface area contributed by atoms with E-state index in [-0.39, 0.29) is 23.8 Å². The Morgan fingerprint density at radius 1 is 1.35 bits per heavy atom. The molecule has 3 N–H and O–H groups in total. The molecule has 0 aliphatic rings. The largest absolute Gasteiger partial charge is 0.393 e. The summed E-state index contributed by atoms with van der Waals surface area (Å²) in [7, 11) is 0. The third-order valence-electron chi connectivity index (χ3n) is 3.70. The number of nitrogens with one attached hydrogen (secondary N) is 2. The van der Waals surface area contributed by atoms with E-state index in [2.05, 4.69) is 15.5 Å². The van der Waals surface area contributed by atoms with Crippen molar-refractivity contribution in [3.05, 3.63) is 17.0 Å². The average molecular weight is 281 g/mol. The van der Waals surface area contributed by atoms with Gasteiger partial charge in [0.15, 0.2) is 0 Å². The van der Waals surface area contributed by atoms with E-state index in [0.717, 1.165) is 17.0 Å². The van der Waals surface area contributed by atoms with Crippen LogP contribution in [0.15, 0.2) is 0 Å². The molecular formula is C15H27N3O2.